The maximum Gasteiger partial charge on any atom is 0.252 e. The molecule has 7 nitrogen and oxygen atoms in total. The maximum atomic E-state index is 13.0. The van der Waals surface area contributed by atoms with Crippen molar-refractivity contribution in [1.82, 2.24) is 20.2 Å². The molecule has 150 valence electrons. The number of hydrogen-bond acceptors (Lipinski definition) is 4. The second-order valence-electron chi connectivity index (χ2n) is 6.65. The predicted octanol–water partition coefficient (Wildman–Crippen LogP) is 2.58. The van der Waals surface area contributed by atoms with Crippen LogP contribution in [0, 0.1) is 0 Å². The van der Waals surface area contributed by atoms with Crippen molar-refractivity contribution in [1.29, 1.82) is 0 Å². The molecular weight excluding hydrogens is 368 g/mol. The average Bonchev–Trinajstić information content (AvgIpc) is 3.16. The monoisotopic (exact) mass is 392 g/mol. The number of imidazole rings is 1. The first-order valence-corrected chi connectivity index (χ1v) is 9.24. The van der Waals surface area contributed by atoms with Crippen LogP contribution in [0.2, 0.25) is 0 Å². The Morgan fingerprint density at radius 1 is 1.14 bits per heavy atom. The number of methoxy groups -OCH3 is 1. The summed E-state index contributed by atoms with van der Waals surface area (Å²) in [7, 11) is 3.48. The zero-order chi connectivity index (χ0) is 20.8. The van der Waals surface area contributed by atoms with E-state index in [-0.39, 0.29) is 11.8 Å². The van der Waals surface area contributed by atoms with E-state index < -0.39 is 6.04 Å². The van der Waals surface area contributed by atoms with Gasteiger partial charge < -0.3 is 19.9 Å². The summed E-state index contributed by atoms with van der Waals surface area (Å²) in [5.74, 6) is 1.05. The molecule has 7 heteroatoms. The van der Waals surface area contributed by atoms with Crippen LogP contribution in [0.1, 0.15) is 40.3 Å². The number of carbonyl (C=O) groups is 2. The zero-order valence-corrected chi connectivity index (χ0v) is 16.7. The van der Waals surface area contributed by atoms with E-state index in [2.05, 4.69) is 15.6 Å². The van der Waals surface area contributed by atoms with Crippen LogP contribution >= 0.6 is 0 Å². The number of rotatable bonds is 7. The Morgan fingerprint density at radius 2 is 1.86 bits per heavy atom. The number of amides is 2. The van der Waals surface area contributed by atoms with Crippen molar-refractivity contribution in [2.75, 3.05) is 7.11 Å². The predicted molar refractivity (Wildman–Crippen MR) is 109 cm³/mol. The van der Waals surface area contributed by atoms with Crippen LogP contribution in [-0.4, -0.2) is 28.5 Å². The topological polar surface area (TPSA) is 85.2 Å². The number of aryl methyl sites for hydroxylation is 1. The molecule has 2 aromatic carbocycles. The van der Waals surface area contributed by atoms with Gasteiger partial charge in [-0.15, -0.1) is 0 Å². The number of para-hydroxylation sites is 1. The highest BCUT2D eigenvalue weighted by atomic mass is 16.5. The molecule has 0 fully saturated rings. The molecule has 1 heterocycles. The van der Waals surface area contributed by atoms with Crippen LogP contribution in [-0.2, 0) is 18.4 Å². The fourth-order valence-corrected chi connectivity index (χ4v) is 3.06. The Balaban J connectivity index is 1.85. The van der Waals surface area contributed by atoms with Gasteiger partial charge in [0.2, 0.25) is 5.91 Å². The Morgan fingerprint density at radius 3 is 2.48 bits per heavy atom. The number of nitrogens with zero attached hydrogens (tertiary/aromatic N) is 2. The third-order valence-corrected chi connectivity index (χ3v) is 4.60. The van der Waals surface area contributed by atoms with Gasteiger partial charge in [0.15, 0.2) is 0 Å². The summed E-state index contributed by atoms with van der Waals surface area (Å²) >= 11 is 0. The molecule has 1 aromatic heterocycles. The average molecular weight is 392 g/mol. The van der Waals surface area contributed by atoms with Gasteiger partial charge in [0.1, 0.15) is 17.6 Å². The van der Waals surface area contributed by atoms with Gasteiger partial charge in [0.05, 0.1) is 7.11 Å². The van der Waals surface area contributed by atoms with E-state index in [1.165, 1.54) is 6.92 Å². The van der Waals surface area contributed by atoms with E-state index in [0.717, 1.165) is 11.1 Å². The Hall–Kier alpha value is -3.61. The lowest BCUT2D eigenvalue weighted by Gasteiger charge is -2.21. The summed E-state index contributed by atoms with van der Waals surface area (Å²) in [5.41, 5.74) is 2.26. The fourth-order valence-electron chi connectivity index (χ4n) is 3.06. The van der Waals surface area contributed by atoms with Gasteiger partial charge >= 0.3 is 0 Å². The Bertz CT molecular complexity index is 995. The number of benzene rings is 2. The second-order valence-corrected chi connectivity index (χ2v) is 6.65. The molecule has 2 N–H and O–H groups in total. The van der Waals surface area contributed by atoms with Gasteiger partial charge in [0, 0.05) is 44.0 Å². The van der Waals surface area contributed by atoms with Crippen LogP contribution in [0.4, 0.5) is 0 Å². The van der Waals surface area contributed by atoms with E-state index in [9.17, 15) is 9.59 Å². The lowest BCUT2D eigenvalue weighted by atomic mass is 10.0. The molecule has 0 aliphatic heterocycles. The first-order valence-electron chi connectivity index (χ1n) is 9.24. The summed E-state index contributed by atoms with van der Waals surface area (Å²) in [5, 5.41) is 5.80. The van der Waals surface area contributed by atoms with Gasteiger partial charge in [-0.1, -0.05) is 30.3 Å². The number of ether oxygens (including phenoxy) is 1. The first-order chi connectivity index (χ1) is 14.0. The Kier molecular flexibility index (Phi) is 6.29. The fraction of sp³-hybridized carbons (Fsp3) is 0.227. The number of nitrogens with one attached hydrogen (secondary N) is 2. The highest BCUT2D eigenvalue weighted by Gasteiger charge is 2.24. The van der Waals surface area contributed by atoms with Crippen molar-refractivity contribution in [3.05, 3.63) is 83.4 Å². The summed E-state index contributed by atoms with van der Waals surface area (Å²) in [6, 6.07) is 14.2. The molecule has 1 unspecified atom stereocenters. The van der Waals surface area contributed by atoms with Crippen molar-refractivity contribution in [3.63, 3.8) is 0 Å². The number of carbonyl (C=O) groups excluding carboxylic acids is 2. The molecular formula is C22H24N4O3. The lowest BCUT2D eigenvalue weighted by molar-refractivity contribution is -0.119. The van der Waals surface area contributed by atoms with Gasteiger partial charge in [-0.25, -0.2) is 4.98 Å². The zero-order valence-electron chi connectivity index (χ0n) is 16.7. The van der Waals surface area contributed by atoms with E-state index in [0.29, 0.717) is 23.7 Å². The highest BCUT2D eigenvalue weighted by molar-refractivity contribution is 5.94. The summed E-state index contributed by atoms with van der Waals surface area (Å²) < 4.78 is 7.36. The van der Waals surface area contributed by atoms with E-state index in [4.69, 9.17) is 4.74 Å². The van der Waals surface area contributed by atoms with E-state index in [1.54, 1.807) is 25.4 Å². The molecule has 0 saturated carbocycles. The van der Waals surface area contributed by atoms with Gasteiger partial charge in [-0.3, -0.25) is 9.59 Å². The molecule has 29 heavy (non-hydrogen) atoms. The number of hydrogen-bond donors (Lipinski definition) is 2. The molecule has 3 rings (SSSR count). The van der Waals surface area contributed by atoms with Gasteiger partial charge in [-0.2, -0.15) is 0 Å². The van der Waals surface area contributed by atoms with Crippen molar-refractivity contribution in [3.8, 4) is 5.75 Å². The summed E-state index contributed by atoms with van der Waals surface area (Å²) in [6.07, 6.45) is 3.53. The molecule has 3 aromatic rings. The molecule has 0 saturated heterocycles. The van der Waals surface area contributed by atoms with Gasteiger partial charge in [0.25, 0.3) is 5.91 Å². The van der Waals surface area contributed by atoms with Crippen LogP contribution in [0.5, 0.6) is 5.75 Å². The third-order valence-electron chi connectivity index (χ3n) is 4.60. The van der Waals surface area contributed by atoms with Crippen molar-refractivity contribution < 1.29 is 14.3 Å². The SMILES string of the molecule is COc1ccccc1C(NC(=O)c1ccc(CNC(C)=O)cc1)c1nccn1C. The molecule has 0 radical (unpaired) electrons. The summed E-state index contributed by atoms with van der Waals surface area (Å²) in [6.45, 7) is 1.89. The van der Waals surface area contributed by atoms with E-state index in [1.807, 2.05) is 54.2 Å². The van der Waals surface area contributed by atoms with Crippen LogP contribution in [0.25, 0.3) is 0 Å². The molecule has 0 spiro atoms. The van der Waals surface area contributed by atoms with Crippen molar-refractivity contribution in [2.24, 2.45) is 7.05 Å². The second kappa shape index (κ2) is 9.05. The smallest absolute Gasteiger partial charge is 0.252 e. The highest BCUT2D eigenvalue weighted by Crippen LogP contribution is 2.29. The van der Waals surface area contributed by atoms with Crippen LogP contribution in [0.15, 0.2) is 60.9 Å². The minimum atomic E-state index is -0.474. The van der Waals surface area contributed by atoms with E-state index >= 15 is 0 Å². The number of aromatic nitrogens is 2. The Labute approximate surface area is 169 Å². The largest absolute Gasteiger partial charge is 0.496 e. The van der Waals surface area contributed by atoms with Crippen LogP contribution in [0.3, 0.4) is 0 Å². The maximum absolute atomic E-state index is 13.0. The molecule has 2 amide bonds. The quantitative estimate of drug-likeness (QED) is 0.647. The van der Waals surface area contributed by atoms with Gasteiger partial charge in [-0.05, 0) is 23.8 Å². The van der Waals surface area contributed by atoms with Crippen molar-refractivity contribution >= 4 is 11.8 Å². The summed E-state index contributed by atoms with van der Waals surface area (Å²) in [4.78, 5) is 28.4. The lowest BCUT2D eigenvalue weighted by Crippen LogP contribution is -2.31. The standard InChI is InChI=1S/C22H24N4O3/c1-15(27)24-14-16-8-10-17(11-9-16)22(28)25-20(21-23-12-13-26(21)2)18-6-4-5-7-19(18)29-3/h4-13,20H,14H2,1-3H3,(H,24,27)(H,25,28). The molecule has 0 aliphatic rings. The van der Waals surface area contributed by atoms with Crippen molar-refractivity contribution in [2.45, 2.75) is 19.5 Å². The van der Waals surface area contributed by atoms with Crippen LogP contribution < -0.4 is 15.4 Å². The normalized spacial score (nSPS) is 11.6. The minimum absolute atomic E-state index is 0.0958. The third kappa shape index (κ3) is 4.82. The molecule has 0 bridgehead atoms. The minimum Gasteiger partial charge on any atom is -0.496 e. The first kappa shape index (κ1) is 20.1. The molecule has 1 atom stereocenters. The molecule has 0 aliphatic carbocycles.